The van der Waals surface area contributed by atoms with E-state index >= 15 is 0 Å². The quantitative estimate of drug-likeness (QED) is 0.365. The molecule has 1 aromatic rings. The molecule has 2 N–H and O–H groups in total. The molecule has 0 spiro atoms. The molecule has 0 bridgehead atoms. The van der Waals surface area contributed by atoms with E-state index in [1.807, 2.05) is 0 Å². The average molecular weight is 331 g/mol. The van der Waals surface area contributed by atoms with Crippen LogP contribution >= 0.6 is 0 Å². The Bertz CT molecular complexity index is 804. The first-order valence-electron chi connectivity index (χ1n) is 6.84. The first-order chi connectivity index (χ1) is 11.2. The zero-order chi connectivity index (χ0) is 18.1. The van der Waals surface area contributed by atoms with E-state index in [-0.39, 0.29) is 22.4 Å². The van der Waals surface area contributed by atoms with Crippen molar-refractivity contribution in [1.82, 2.24) is 0 Å². The molecule has 8 heteroatoms. The van der Waals surface area contributed by atoms with Gasteiger partial charge >= 0.3 is 11.9 Å². The second-order valence-corrected chi connectivity index (χ2v) is 5.37. The maximum absolute atomic E-state index is 12.8. The van der Waals surface area contributed by atoms with E-state index < -0.39 is 34.5 Å². The number of carboxylic acids is 2. The minimum atomic E-state index is -2.04. The van der Waals surface area contributed by atoms with Gasteiger partial charge in [0.2, 0.25) is 0 Å². The Labute approximate surface area is 135 Å². The van der Waals surface area contributed by atoms with Gasteiger partial charge in [0, 0.05) is 29.7 Å². The predicted octanol–water partition coefficient (Wildman–Crippen LogP) is 2.21. The lowest BCUT2D eigenvalue weighted by atomic mass is 9.68. The summed E-state index contributed by atoms with van der Waals surface area (Å²) in [6.07, 6.45) is 2.07. The summed E-state index contributed by atoms with van der Waals surface area (Å²) in [6, 6.07) is 4.52. The van der Waals surface area contributed by atoms with Crippen LogP contribution in [-0.4, -0.2) is 32.9 Å². The van der Waals surface area contributed by atoms with Crippen LogP contribution in [0.3, 0.4) is 0 Å². The van der Waals surface area contributed by atoms with Crippen LogP contribution in [0, 0.1) is 15.5 Å². The second-order valence-electron chi connectivity index (χ2n) is 5.37. The number of nitrogens with zero attached hydrogens (tertiary/aromatic N) is 1. The van der Waals surface area contributed by atoms with Gasteiger partial charge in [-0.25, -0.2) is 4.79 Å². The summed E-state index contributed by atoms with van der Waals surface area (Å²) >= 11 is 0. The molecule has 124 valence electrons. The van der Waals surface area contributed by atoms with Gasteiger partial charge in [-0.2, -0.15) is 0 Å². The molecule has 24 heavy (non-hydrogen) atoms. The van der Waals surface area contributed by atoms with E-state index in [4.69, 9.17) is 5.11 Å². The Morgan fingerprint density at radius 1 is 1.12 bits per heavy atom. The van der Waals surface area contributed by atoms with Crippen LogP contribution in [0.1, 0.15) is 23.7 Å². The molecule has 0 aliphatic heterocycles. The Hall–Kier alpha value is -3.29. The van der Waals surface area contributed by atoms with Crippen LogP contribution in [0.5, 0.6) is 0 Å². The van der Waals surface area contributed by atoms with Gasteiger partial charge in [-0.05, 0) is 24.6 Å². The first kappa shape index (κ1) is 17.1. The molecule has 0 radical (unpaired) electrons. The summed E-state index contributed by atoms with van der Waals surface area (Å²) in [4.78, 5) is 45.9. The largest absolute Gasteiger partial charge is 0.480 e. The minimum Gasteiger partial charge on any atom is -0.480 e. The molecule has 2 rings (SSSR count). The molecule has 8 nitrogen and oxygen atoms in total. The van der Waals surface area contributed by atoms with Gasteiger partial charge < -0.3 is 10.2 Å². The van der Waals surface area contributed by atoms with Crippen molar-refractivity contribution in [2.24, 2.45) is 5.41 Å². The summed E-state index contributed by atoms with van der Waals surface area (Å²) in [5, 5.41) is 29.4. The fourth-order valence-corrected chi connectivity index (χ4v) is 2.58. The number of ketones is 1. The summed E-state index contributed by atoms with van der Waals surface area (Å²) < 4.78 is 0. The zero-order valence-corrected chi connectivity index (χ0v) is 12.6. The zero-order valence-electron chi connectivity index (χ0n) is 12.6. The molecule has 0 amide bonds. The highest BCUT2D eigenvalue weighted by Crippen LogP contribution is 2.41. The molecule has 0 saturated carbocycles. The van der Waals surface area contributed by atoms with E-state index in [1.165, 1.54) is 19.1 Å². The van der Waals surface area contributed by atoms with Crippen LogP contribution in [0.2, 0.25) is 0 Å². The van der Waals surface area contributed by atoms with Crippen LogP contribution < -0.4 is 0 Å². The lowest BCUT2D eigenvalue weighted by Crippen LogP contribution is -2.42. The maximum Gasteiger partial charge on any atom is 0.331 e. The molecule has 1 aliphatic carbocycles. The fourth-order valence-electron chi connectivity index (χ4n) is 2.58. The van der Waals surface area contributed by atoms with E-state index in [0.717, 1.165) is 24.3 Å². The Kier molecular flexibility index (Phi) is 4.32. The van der Waals surface area contributed by atoms with E-state index in [2.05, 4.69) is 0 Å². The van der Waals surface area contributed by atoms with Crippen molar-refractivity contribution in [2.75, 3.05) is 0 Å². The lowest BCUT2D eigenvalue weighted by molar-refractivity contribution is -0.384. The number of Topliss-reactive ketones (excluding diaryl/α,β-unsaturated/α-hetero) is 1. The van der Waals surface area contributed by atoms with Crippen LogP contribution in [0.25, 0.3) is 0 Å². The van der Waals surface area contributed by atoms with Gasteiger partial charge in [0.05, 0.1) is 4.92 Å². The van der Waals surface area contributed by atoms with E-state index in [1.54, 1.807) is 0 Å². The first-order valence-corrected chi connectivity index (χ1v) is 6.84. The fraction of sp³-hybridized carbons (Fsp3) is 0.188. The number of aliphatic carboxylic acids is 2. The molecule has 1 aliphatic rings. The number of carboxylic acid groups (broad SMARTS) is 2. The molecular weight excluding hydrogens is 318 g/mol. The summed E-state index contributed by atoms with van der Waals surface area (Å²) in [6.45, 7) is 1.44. The number of hydrogen-bond donors (Lipinski definition) is 2. The van der Waals surface area contributed by atoms with Crippen molar-refractivity contribution in [3.05, 3.63) is 63.2 Å². The normalized spacial score (nSPS) is 19.9. The van der Waals surface area contributed by atoms with Crippen LogP contribution in [0.15, 0.2) is 47.6 Å². The average Bonchev–Trinajstić information content (AvgIpc) is 2.54. The molecule has 0 aromatic heterocycles. The van der Waals surface area contributed by atoms with Crippen molar-refractivity contribution >= 4 is 23.4 Å². The summed E-state index contributed by atoms with van der Waals surface area (Å²) in [7, 11) is 0. The number of rotatable bonds is 5. The monoisotopic (exact) mass is 331 g/mol. The van der Waals surface area contributed by atoms with Crippen molar-refractivity contribution < 1.29 is 29.5 Å². The van der Waals surface area contributed by atoms with Gasteiger partial charge in [-0.3, -0.25) is 19.7 Å². The van der Waals surface area contributed by atoms with Crippen molar-refractivity contribution in [3.8, 4) is 0 Å². The minimum absolute atomic E-state index is 0.0395. The summed E-state index contributed by atoms with van der Waals surface area (Å²) in [5.74, 6) is -3.59. The van der Waals surface area contributed by atoms with Crippen LogP contribution in [-0.2, 0) is 9.59 Å². The predicted molar refractivity (Wildman–Crippen MR) is 81.6 cm³/mol. The van der Waals surface area contributed by atoms with Crippen molar-refractivity contribution in [1.29, 1.82) is 0 Å². The van der Waals surface area contributed by atoms with Crippen LogP contribution in [0.4, 0.5) is 5.69 Å². The number of non-ortho nitro benzene ring substituents is 1. The number of nitro groups is 1. The van der Waals surface area contributed by atoms with Gasteiger partial charge in [0.1, 0.15) is 0 Å². The second kappa shape index (κ2) is 6.07. The van der Waals surface area contributed by atoms with E-state index in [0.29, 0.717) is 0 Å². The van der Waals surface area contributed by atoms with Gasteiger partial charge in [0.25, 0.3) is 5.69 Å². The number of carbonyl (C=O) groups excluding carboxylic acids is 1. The molecule has 1 aromatic carbocycles. The molecule has 1 unspecified atom stereocenters. The van der Waals surface area contributed by atoms with Gasteiger partial charge in [0.15, 0.2) is 11.2 Å². The highest BCUT2D eigenvalue weighted by molar-refractivity contribution is 6.15. The number of carbonyl (C=O) groups is 3. The summed E-state index contributed by atoms with van der Waals surface area (Å²) in [5.41, 5.74) is -2.32. The highest BCUT2D eigenvalue weighted by Gasteiger charge is 2.50. The smallest absolute Gasteiger partial charge is 0.331 e. The van der Waals surface area contributed by atoms with E-state index in [9.17, 15) is 29.6 Å². The van der Waals surface area contributed by atoms with Gasteiger partial charge in [-0.15, -0.1) is 0 Å². The topological polar surface area (TPSA) is 135 Å². The number of benzene rings is 1. The standard InChI is InChI=1S/C16H13NO7/c1-9-2-3-11(14(19)20)8-16(9,15(21)22)13(18)10-4-6-12(7-5-10)17(23)24/h2-7H,8H2,1H3,(H,19,20)(H,21,22). The number of allylic oxidation sites excluding steroid dienone is 2. The Balaban J connectivity index is 2.51. The third kappa shape index (κ3) is 2.69. The lowest BCUT2D eigenvalue weighted by Gasteiger charge is -2.31. The Morgan fingerprint density at radius 3 is 2.17 bits per heavy atom. The van der Waals surface area contributed by atoms with Crippen molar-refractivity contribution in [2.45, 2.75) is 13.3 Å². The highest BCUT2D eigenvalue weighted by atomic mass is 16.6. The molecule has 0 fully saturated rings. The molecule has 0 heterocycles. The third-order valence-corrected chi connectivity index (χ3v) is 4.03. The van der Waals surface area contributed by atoms with Gasteiger partial charge in [-0.1, -0.05) is 12.2 Å². The number of nitro benzene ring substituents is 1. The maximum atomic E-state index is 12.8. The molecular formula is C16H13NO7. The number of hydrogen-bond acceptors (Lipinski definition) is 5. The Morgan fingerprint density at radius 2 is 1.71 bits per heavy atom. The third-order valence-electron chi connectivity index (χ3n) is 4.03. The molecule has 0 saturated heterocycles. The SMILES string of the molecule is CC1=CC=C(C(=O)O)CC1(C(=O)O)C(=O)c1ccc([N+](=O)[O-])cc1. The van der Waals surface area contributed by atoms with Crippen molar-refractivity contribution in [3.63, 3.8) is 0 Å². The molecule has 1 atom stereocenters.